The minimum Gasteiger partial charge on any atom is -0.506 e. The Morgan fingerprint density at radius 3 is 2.87 bits per heavy atom. The quantitative estimate of drug-likeness (QED) is 0.810. The normalized spacial score (nSPS) is 10.8. The van der Waals surface area contributed by atoms with Crippen molar-refractivity contribution in [3.8, 4) is 5.75 Å². The number of benzene rings is 1. The molecule has 2 nitrogen and oxygen atoms in total. The number of fused-ring (bicyclic) bond motifs is 1. The van der Waals surface area contributed by atoms with Crippen molar-refractivity contribution in [2.45, 2.75) is 13.3 Å². The molecule has 0 aliphatic carbocycles. The van der Waals surface area contributed by atoms with Crippen LogP contribution in [0, 0.1) is 0 Å². The number of carbonyl (C=O) groups excluding carboxylic acids is 1. The van der Waals surface area contributed by atoms with Crippen molar-refractivity contribution in [3.63, 3.8) is 0 Å². The van der Waals surface area contributed by atoms with Gasteiger partial charge in [0.2, 0.25) is 0 Å². The second kappa shape index (κ2) is 3.83. The highest BCUT2D eigenvalue weighted by atomic mass is 35.5. The van der Waals surface area contributed by atoms with E-state index in [1.54, 1.807) is 25.1 Å². The molecule has 2 rings (SSSR count). The SMILES string of the molecule is CCC(=O)c1sc2c(Cl)cccc2c1O. The lowest BCUT2D eigenvalue weighted by Crippen LogP contribution is -1.91. The summed E-state index contributed by atoms with van der Waals surface area (Å²) in [5.41, 5.74) is 0. The summed E-state index contributed by atoms with van der Waals surface area (Å²) in [6.07, 6.45) is 0.387. The minimum atomic E-state index is -0.0511. The molecule has 0 atom stereocenters. The number of carbonyl (C=O) groups is 1. The van der Waals surface area contributed by atoms with Gasteiger partial charge in [0, 0.05) is 11.8 Å². The van der Waals surface area contributed by atoms with Crippen molar-refractivity contribution in [1.82, 2.24) is 0 Å². The summed E-state index contributed by atoms with van der Waals surface area (Å²) in [4.78, 5) is 11.9. The monoisotopic (exact) mass is 240 g/mol. The number of hydrogen-bond donors (Lipinski definition) is 1. The molecule has 4 heteroatoms. The van der Waals surface area contributed by atoms with Crippen molar-refractivity contribution >= 4 is 38.8 Å². The molecule has 0 saturated heterocycles. The number of thiophene rings is 1. The lowest BCUT2D eigenvalue weighted by Gasteiger charge is -1.93. The van der Waals surface area contributed by atoms with Gasteiger partial charge in [-0.05, 0) is 12.1 Å². The van der Waals surface area contributed by atoms with E-state index < -0.39 is 0 Å². The number of rotatable bonds is 2. The zero-order valence-electron chi connectivity index (χ0n) is 8.08. The first-order valence-corrected chi connectivity index (χ1v) is 5.77. The second-order valence-electron chi connectivity index (χ2n) is 3.17. The van der Waals surface area contributed by atoms with Crippen molar-refractivity contribution in [1.29, 1.82) is 0 Å². The molecule has 0 saturated carbocycles. The van der Waals surface area contributed by atoms with Gasteiger partial charge in [0.05, 0.1) is 9.72 Å². The average Bonchev–Trinajstić information content (AvgIpc) is 2.57. The van der Waals surface area contributed by atoms with Gasteiger partial charge in [-0.2, -0.15) is 0 Å². The van der Waals surface area contributed by atoms with Crippen LogP contribution >= 0.6 is 22.9 Å². The molecular formula is C11H9ClO2S. The molecule has 0 unspecified atom stereocenters. The van der Waals surface area contributed by atoms with E-state index in [-0.39, 0.29) is 11.5 Å². The first-order valence-electron chi connectivity index (χ1n) is 4.58. The van der Waals surface area contributed by atoms with E-state index in [2.05, 4.69) is 0 Å². The first kappa shape index (κ1) is 10.5. The highest BCUT2D eigenvalue weighted by molar-refractivity contribution is 7.22. The predicted molar refractivity (Wildman–Crippen MR) is 63.1 cm³/mol. The maximum atomic E-state index is 11.5. The summed E-state index contributed by atoms with van der Waals surface area (Å²) >= 11 is 7.23. The Labute approximate surface area is 96.1 Å². The second-order valence-corrected chi connectivity index (χ2v) is 4.60. The maximum Gasteiger partial charge on any atom is 0.176 e. The van der Waals surface area contributed by atoms with Gasteiger partial charge >= 0.3 is 0 Å². The highest BCUT2D eigenvalue weighted by Gasteiger charge is 2.17. The van der Waals surface area contributed by atoms with Crippen molar-refractivity contribution in [2.24, 2.45) is 0 Å². The molecule has 0 fully saturated rings. The summed E-state index contributed by atoms with van der Waals surface area (Å²) in [6, 6.07) is 5.27. The molecule has 0 aliphatic heterocycles. The lowest BCUT2D eigenvalue weighted by atomic mass is 10.2. The topological polar surface area (TPSA) is 37.3 Å². The molecular weight excluding hydrogens is 232 g/mol. The van der Waals surface area contributed by atoms with E-state index in [1.807, 2.05) is 0 Å². The van der Waals surface area contributed by atoms with Crippen molar-refractivity contribution in [2.75, 3.05) is 0 Å². The molecule has 0 radical (unpaired) electrons. The van der Waals surface area contributed by atoms with Crippen LogP contribution < -0.4 is 0 Å². The van der Waals surface area contributed by atoms with E-state index in [0.717, 1.165) is 4.70 Å². The summed E-state index contributed by atoms with van der Waals surface area (Å²) in [7, 11) is 0. The molecule has 0 amide bonds. The van der Waals surface area contributed by atoms with E-state index >= 15 is 0 Å². The van der Waals surface area contributed by atoms with Crippen LogP contribution in [0.25, 0.3) is 10.1 Å². The Morgan fingerprint density at radius 1 is 1.53 bits per heavy atom. The number of Topliss-reactive ketones (excluding diaryl/α,β-unsaturated/α-hetero) is 1. The van der Waals surface area contributed by atoms with Gasteiger partial charge in [0.1, 0.15) is 10.6 Å². The molecule has 1 N–H and O–H groups in total. The van der Waals surface area contributed by atoms with Crippen LogP contribution in [-0.2, 0) is 0 Å². The third kappa shape index (κ3) is 1.62. The van der Waals surface area contributed by atoms with Gasteiger partial charge in [-0.3, -0.25) is 4.79 Å². The van der Waals surface area contributed by atoms with Gasteiger partial charge in [-0.1, -0.05) is 24.6 Å². The summed E-state index contributed by atoms with van der Waals surface area (Å²) in [6.45, 7) is 1.77. The number of ketones is 1. The third-order valence-electron chi connectivity index (χ3n) is 2.22. The van der Waals surface area contributed by atoms with Gasteiger partial charge in [0.25, 0.3) is 0 Å². The Hall–Kier alpha value is -1.06. The van der Waals surface area contributed by atoms with Gasteiger partial charge < -0.3 is 5.11 Å². The van der Waals surface area contributed by atoms with E-state index in [4.69, 9.17) is 11.6 Å². The number of aromatic hydroxyl groups is 1. The van der Waals surface area contributed by atoms with Crippen LogP contribution in [-0.4, -0.2) is 10.9 Å². The molecule has 1 heterocycles. The van der Waals surface area contributed by atoms with Gasteiger partial charge in [-0.25, -0.2) is 0 Å². The van der Waals surface area contributed by atoms with Crippen molar-refractivity contribution in [3.05, 3.63) is 28.1 Å². The highest BCUT2D eigenvalue weighted by Crippen LogP contribution is 2.40. The Kier molecular flexibility index (Phi) is 2.67. The maximum absolute atomic E-state index is 11.5. The Balaban J connectivity index is 2.75. The molecule has 78 valence electrons. The minimum absolute atomic E-state index is 0.0511. The Bertz CT molecular complexity index is 531. The Morgan fingerprint density at radius 2 is 2.27 bits per heavy atom. The largest absolute Gasteiger partial charge is 0.506 e. The average molecular weight is 241 g/mol. The molecule has 1 aromatic heterocycles. The zero-order valence-corrected chi connectivity index (χ0v) is 9.65. The van der Waals surface area contributed by atoms with Crippen LogP contribution in [0.4, 0.5) is 0 Å². The molecule has 0 aliphatic rings. The van der Waals surface area contributed by atoms with Crippen LogP contribution in [0.2, 0.25) is 5.02 Å². The lowest BCUT2D eigenvalue weighted by molar-refractivity contribution is 0.0990. The molecule has 0 bridgehead atoms. The van der Waals surface area contributed by atoms with Crippen molar-refractivity contribution < 1.29 is 9.90 Å². The number of hydrogen-bond acceptors (Lipinski definition) is 3. The smallest absolute Gasteiger partial charge is 0.176 e. The number of halogens is 1. The molecule has 1 aromatic carbocycles. The van der Waals surface area contributed by atoms with Crippen LogP contribution in [0.3, 0.4) is 0 Å². The first-order chi connectivity index (χ1) is 7.15. The standard InChI is InChI=1S/C11H9ClO2S/c1-2-8(13)11-9(14)6-4-3-5-7(12)10(6)15-11/h3-5,14H,2H2,1H3. The molecule has 15 heavy (non-hydrogen) atoms. The fraction of sp³-hybridized carbons (Fsp3) is 0.182. The summed E-state index contributed by atoms with van der Waals surface area (Å²) < 4.78 is 0.772. The van der Waals surface area contributed by atoms with E-state index in [9.17, 15) is 9.90 Å². The van der Waals surface area contributed by atoms with E-state index in [1.165, 1.54) is 11.3 Å². The fourth-order valence-electron chi connectivity index (χ4n) is 1.42. The third-order valence-corrected chi connectivity index (χ3v) is 3.91. The van der Waals surface area contributed by atoms with Crippen LogP contribution in [0.1, 0.15) is 23.0 Å². The van der Waals surface area contributed by atoms with Gasteiger partial charge in [-0.15, -0.1) is 11.3 Å². The molecule has 0 spiro atoms. The zero-order chi connectivity index (χ0) is 11.0. The summed E-state index contributed by atoms with van der Waals surface area (Å²) in [5.74, 6) is 0.00844. The predicted octanol–water partition coefficient (Wildman–Crippen LogP) is 3.85. The molecule has 2 aromatic rings. The fourth-order valence-corrected chi connectivity index (χ4v) is 2.82. The van der Waals surface area contributed by atoms with Crippen LogP contribution in [0.5, 0.6) is 5.75 Å². The summed E-state index contributed by atoms with van der Waals surface area (Å²) in [5, 5.41) is 11.1. The van der Waals surface area contributed by atoms with Crippen LogP contribution in [0.15, 0.2) is 18.2 Å². The van der Waals surface area contributed by atoms with Gasteiger partial charge in [0.15, 0.2) is 5.78 Å². The van der Waals surface area contributed by atoms with E-state index in [0.29, 0.717) is 21.7 Å².